The summed E-state index contributed by atoms with van der Waals surface area (Å²) in [5.74, 6) is 0.963. The van der Waals surface area contributed by atoms with Gasteiger partial charge in [-0.25, -0.2) is 19.3 Å². The van der Waals surface area contributed by atoms with Crippen molar-refractivity contribution in [2.24, 2.45) is 0 Å². The van der Waals surface area contributed by atoms with Gasteiger partial charge in [0.25, 0.3) is 5.56 Å². The highest BCUT2D eigenvalue weighted by atomic mass is 35.5. The number of amides is 2. The van der Waals surface area contributed by atoms with Gasteiger partial charge in [-0.05, 0) is 100 Å². The summed E-state index contributed by atoms with van der Waals surface area (Å²) in [7, 11) is 0. The van der Waals surface area contributed by atoms with Crippen LogP contribution in [-0.4, -0.2) is 51.6 Å². The molecule has 0 radical (unpaired) electrons. The fourth-order valence-electron chi connectivity index (χ4n) is 4.42. The van der Waals surface area contributed by atoms with E-state index in [0.29, 0.717) is 32.6 Å². The molecule has 3 N–H and O–H groups in total. The lowest BCUT2D eigenvalue weighted by atomic mass is 10.2. The van der Waals surface area contributed by atoms with E-state index in [-0.39, 0.29) is 5.56 Å². The smallest absolute Gasteiger partial charge is 0.329 e. The van der Waals surface area contributed by atoms with Crippen molar-refractivity contribution in [3.05, 3.63) is 69.2 Å². The number of nitrogens with zero attached hydrogens (tertiary/aromatic N) is 4. The fraction of sp³-hybridized carbons (Fsp3) is 0.308. The molecule has 1 aliphatic rings. The molecule has 5 rings (SSSR count). The number of pyridine rings is 1. The first-order valence-corrected chi connectivity index (χ1v) is 14.4. The number of carbonyl (C=O) groups excluding carboxylic acids is 1. The molecular formula is C26H28ClN7O2S2. The SMILES string of the molecule is Cc1nc2cc(NCCCN3CCCC3)ccc2c(=O)n1-c1ccc(NC(=O)NSc2ccc(Cl)s2)cn1. The molecule has 0 unspecified atom stereocenters. The quantitative estimate of drug-likeness (QED) is 0.180. The number of thiophene rings is 1. The fourth-order valence-corrected chi connectivity index (χ4v) is 6.27. The van der Waals surface area contributed by atoms with Crippen LogP contribution < -0.4 is 20.9 Å². The van der Waals surface area contributed by atoms with Crippen LogP contribution in [0.2, 0.25) is 4.34 Å². The molecule has 0 saturated carbocycles. The normalized spacial score (nSPS) is 13.6. The number of nitrogens with one attached hydrogen (secondary N) is 3. The van der Waals surface area contributed by atoms with E-state index in [2.05, 4.69) is 30.2 Å². The molecule has 38 heavy (non-hydrogen) atoms. The lowest BCUT2D eigenvalue weighted by Crippen LogP contribution is -2.24. The summed E-state index contributed by atoms with van der Waals surface area (Å²) >= 11 is 8.46. The number of hydrogen-bond acceptors (Lipinski definition) is 8. The Bertz CT molecular complexity index is 1480. The van der Waals surface area contributed by atoms with Gasteiger partial charge in [-0.3, -0.25) is 9.52 Å². The van der Waals surface area contributed by atoms with E-state index < -0.39 is 6.03 Å². The van der Waals surface area contributed by atoms with E-state index in [1.165, 1.54) is 60.0 Å². The van der Waals surface area contributed by atoms with Gasteiger partial charge in [0, 0.05) is 12.2 Å². The average molecular weight is 570 g/mol. The number of fused-ring (bicyclic) bond motifs is 1. The Morgan fingerprint density at radius 1 is 1.13 bits per heavy atom. The number of urea groups is 1. The van der Waals surface area contributed by atoms with Crippen LogP contribution in [0.4, 0.5) is 16.2 Å². The highest BCUT2D eigenvalue weighted by Gasteiger charge is 2.13. The number of aryl methyl sites for hydroxylation is 1. The van der Waals surface area contributed by atoms with Crippen molar-refractivity contribution in [3.8, 4) is 5.82 Å². The maximum absolute atomic E-state index is 13.3. The zero-order chi connectivity index (χ0) is 26.5. The van der Waals surface area contributed by atoms with Crippen LogP contribution in [0.5, 0.6) is 0 Å². The Balaban J connectivity index is 1.22. The number of benzene rings is 1. The van der Waals surface area contributed by atoms with E-state index >= 15 is 0 Å². The first-order chi connectivity index (χ1) is 18.5. The maximum atomic E-state index is 13.3. The molecule has 0 bridgehead atoms. The van der Waals surface area contributed by atoms with E-state index in [0.717, 1.165) is 29.4 Å². The third-order valence-electron chi connectivity index (χ3n) is 6.24. The minimum atomic E-state index is -0.393. The van der Waals surface area contributed by atoms with Crippen LogP contribution in [0.3, 0.4) is 0 Å². The van der Waals surface area contributed by atoms with E-state index in [9.17, 15) is 9.59 Å². The zero-order valence-corrected chi connectivity index (χ0v) is 23.3. The third kappa shape index (κ3) is 6.47. The molecule has 4 aromatic rings. The molecule has 9 nitrogen and oxygen atoms in total. The summed E-state index contributed by atoms with van der Waals surface area (Å²) in [6, 6.07) is 12.2. The van der Waals surface area contributed by atoms with Crippen molar-refractivity contribution in [1.29, 1.82) is 0 Å². The predicted molar refractivity (Wildman–Crippen MR) is 156 cm³/mol. The molecule has 2 amide bonds. The molecule has 198 valence electrons. The van der Waals surface area contributed by atoms with Crippen LogP contribution in [0.1, 0.15) is 25.1 Å². The molecule has 1 fully saturated rings. The van der Waals surface area contributed by atoms with Gasteiger partial charge in [0.1, 0.15) is 11.6 Å². The minimum absolute atomic E-state index is 0.190. The number of likely N-dealkylation sites (tertiary alicyclic amines) is 1. The van der Waals surface area contributed by atoms with Crippen molar-refractivity contribution in [2.45, 2.75) is 30.4 Å². The lowest BCUT2D eigenvalue weighted by molar-refractivity contribution is 0.257. The Labute approximate surface area is 233 Å². The van der Waals surface area contributed by atoms with Gasteiger partial charge in [-0.1, -0.05) is 11.6 Å². The van der Waals surface area contributed by atoms with Crippen LogP contribution in [0.25, 0.3) is 16.7 Å². The van der Waals surface area contributed by atoms with Gasteiger partial charge in [-0.15, -0.1) is 11.3 Å². The standard InChI is InChI=1S/C26H28ClN7O2S2/c1-17-30-21-15-18(28-11-4-14-33-12-2-3-13-33)5-7-20(21)25(35)34(17)23-9-6-19(16-29-23)31-26(36)32-38-24-10-8-22(27)37-24/h5-10,15-16,28H,2-4,11-14H2,1H3,(H2,31,32,36). The number of aromatic nitrogens is 3. The van der Waals surface area contributed by atoms with Crippen LogP contribution in [0.15, 0.2) is 57.7 Å². The van der Waals surface area contributed by atoms with Gasteiger partial charge in [-0.2, -0.15) is 0 Å². The molecule has 4 heterocycles. The van der Waals surface area contributed by atoms with Crippen LogP contribution in [-0.2, 0) is 0 Å². The molecular weight excluding hydrogens is 542 g/mol. The van der Waals surface area contributed by atoms with Gasteiger partial charge in [0.15, 0.2) is 0 Å². The van der Waals surface area contributed by atoms with Gasteiger partial charge in [0.05, 0.1) is 31.3 Å². The molecule has 0 aliphatic carbocycles. The minimum Gasteiger partial charge on any atom is -0.385 e. The summed E-state index contributed by atoms with van der Waals surface area (Å²) in [6.07, 6.45) is 5.19. The van der Waals surface area contributed by atoms with Crippen LogP contribution >= 0.6 is 34.9 Å². The summed E-state index contributed by atoms with van der Waals surface area (Å²) in [6.45, 7) is 6.19. The molecule has 1 saturated heterocycles. The first kappa shape index (κ1) is 26.5. The average Bonchev–Trinajstić information content (AvgIpc) is 3.58. The summed E-state index contributed by atoms with van der Waals surface area (Å²) in [5.41, 5.74) is 1.91. The van der Waals surface area contributed by atoms with E-state index in [4.69, 9.17) is 11.6 Å². The largest absolute Gasteiger partial charge is 0.385 e. The Kier molecular flexibility index (Phi) is 8.48. The Morgan fingerprint density at radius 2 is 1.95 bits per heavy atom. The van der Waals surface area contributed by atoms with Crippen LogP contribution in [0, 0.1) is 6.92 Å². The predicted octanol–water partition coefficient (Wildman–Crippen LogP) is 5.53. The molecule has 0 spiro atoms. The summed E-state index contributed by atoms with van der Waals surface area (Å²) in [5, 5.41) is 6.70. The second-order valence-electron chi connectivity index (χ2n) is 8.98. The van der Waals surface area contributed by atoms with Crippen molar-refractivity contribution in [3.63, 3.8) is 0 Å². The number of halogens is 1. The van der Waals surface area contributed by atoms with E-state index in [1.54, 1.807) is 25.1 Å². The van der Waals surface area contributed by atoms with Gasteiger partial charge in [0.2, 0.25) is 0 Å². The van der Waals surface area contributed by atoms with Crippen molar-refractivity contribution in [1.82, 2.24) is 24.2 Å². The summed E-state index contributed by atoms with van der Waals surface area (Å²) < 4.78 is 5.70. The number of rotatable bonds is 9. The molecule has 0 atom stereocenters. The third-order valence-corrected chi connectivity index (χ3v) is 8.39. The second-order valence-corrected chi connectivity index (χ2v) is 11.8. The highest BCUT2D eigenvalue weighted by Crippen LogP contribution is 2.28. The monoisotopic (exact) mass is 569 g/mol. The second kappa shape index (κ2) is 12.2. The number of anilines is 2. The van der Waals surface area contributed by atoms with Crippen molar-refractivity contribution < 1.29 is 4.79 Å². The van der Waals surface area contributed by atoms with Crippen molar-refractivity contribution in [2.75, 3.05) is 36.8 Å². The highest BCUT2D eigenvalue weighted by molar-refractivity contribution is 7.99. The topological polar surface area (TPSA) is 104 Å². The zero-order valence-electron chi connectivity index (χ0n) is 20.9. The number of carbonyl (C=O) groups is 1. The maximum Gasteiger partial charge on any atom is 0.329 e. The lowest BCUT2D eigenvalue weighted by Gasteiger charge is -2.15. The Hall–Kier alpha value is -3.12. The number of hydrogen-bond donors (Lipinski definition) is 3. The summed E-state index contributed by atoms with van der Waals surface area (Å²) in [4.78, 5) is 37.1. The van der Waals surface area contributed by atoms with Gasteiger partial charge < -0.3 is 15.5 Å². The van der Waals surface area contributed by atoms with Crippen molar-refractivity contribution >= 4 is 63.2 Å². The Morgan fingerprint density at radius 3 is 2.68 bits per heavy atom. The van der Waals surface area contributed by atoms with Gasteiger partial charge >= 0.3 is 6.03 Å². The molecule has 3 aromatic heterocycles. The molecule has 12 heteroatoms. The first-order valence-electron chi connectivity index (χ1n) is 12.4. The molecule has 1 aromatic carbocycles. The molecule has 1 aliphatic heterocycles. The van der Waals surface area contributed by atoms with E-state index in [1.807, 2.05) is 24.3 Å².